The second-order valence-electron chi connectivity index (χ2n) is 7.47. The molecule has 0 saturated heterocycles. The minimum Gasteiger partial charge on any atom is -0.480 e. The Kier molecular flexibility index (Phi) is 4.32. The normalized spacial score (nSPS) is 13.5. The lowest BCUT2D eigenvalue weighted by Crippen LogP contribution is -2.45. The highest BCUT2D eigenvalue weighted by atomic mass is 16.4. The highest BCUT2D eigenvalue weighted by Gasteiger charge is 2.39. The summed E-state index contributed by atoms with van der Waals surface area (Å²) in [5.74, 6) is -1.89. The molecule has 0 aromatic heterocycles. The highest BCUT2D eigenvalue weighted by Crippen LogP contribution is 2.46. The fraction of sp³-hybridized carbons (Fsp3) is 0.0769. The topological polar surface area (TPSA) is 66.4 Å². The Morgan fingerprint density at radius 2 is 1.30 bits per heavy atom. The van der Waals surface area contributed by atoms with Gasteiger partial charge in [-0.3, -0.25) is 4.79 Å². The summed E-state index contributed by atoms with van der Waals surface area (Å²) < 4.78 is 0. The summed E-state index contributed by atoms with van der Waals surface area (Å²) in [7, 11) is 0. The van der Waals surface area contributed by atoms with Crippen LogP contribution in [0.15, 0.2) is 91.0 Å². The van der Waals surface area contributed by atoms with Gasteiger partial charge < -0.3 is 10.4 Å². The third kappa shape index (κ3) is 2.85. The first-order valence-electron chi connectivity index (χ1n) is 9.85. The molecule has 1 aliphatic carbocycles. The number of benzene rings is 4. The summed E-state index contributed by atoms with van der Waals surface area (Å²) in [5, 5.41) is 14.6. The molecule has 146 valence electrons. The molecule has 4 heteroatoms. The van der Waals surface area contributed by atoms with E-state index in [-0.39, 0.29) is 5.91 Å². The van der Waals surface area contributed by atoms with Crippen LogP contribution in [0.5, 0.6) is 0 Å². The van der Waals surface area contributed by atoms with Crippen LogP contribution in [0.2, 0.25) is 0 Å². The molecule has 0 radical (unpaired) electrons. The molecule has 4 aromatic carbocycles. The van der Waals surface area contributed by atoms with Crippen LogP contribution in [0.1, 0.15) is 27.4 Å². The van der Waals surface area contributed by atoms with Gasteiger partial charge in [0.15, 0.2) is 0 Å². The van der Waals surface area contributed by atoms with Gasteiger partial charge >= 0.3 is 5.97 Å². The Bertz CT molecular complexity index is 1240. The van der Waals surface area contributed by atoms with E-state index in [1.807, 2.05) is 84.9 Å². The number of hydrogen-bond acceptors (Lipinski definition) is 2. The number of fused-ring (bicyclic) bond motifs is 4. The molecule has 0 bridgehead atoms. The average molecular weight is 393 g/mol. The van der Waals surface area contributed by atoms with Gasteiger partial charge in [-0.15, -0.1) is 0 Å². The van der Waals surface area contributed by atoms with Crippen molar-refractivity contribution in [2.45, 2.75) is 12.0 Å². The van der Waals surface area contributed by atoms with Gasteiger partial charge in [0.1, 0.15) is 6.04 Å². The highest BCUT2D eigenvalue weighted by molar-refractivity contribution is 6.08. The smallest absolute Gasteiger partial charge is 0.327 e. The van der Waals surface area contributed by atoms with E-state index in [0.717, 1.165) is 33.0 Å². The number of carbonyl (C=O) groups excluding carboxylic acids is 1. The second kappa shape index (κ2) is 7.16. The van der Waals surface area contributed by atoms with Crippen molar-refractivity contribution in [3.63, 3.8) is 0 Å². The summed E-state index contributed by atoms with van der Waals surface area (Å²) in [5.41, 5.74) is 4.35. The predicted octanol–water partition coefficient (Wildman–Crippen LogP) is 4.84. The van der Waals surface area contributed by atoms with Crippen molar-refractivity contribution in [2.24, 2.45) is 0 Å². The Morgan fingerprint density at radius 3 is 1.97 bits per heavy atom. The molecule has 0 heterocycles. The summed E-state index contributed by atoms with van der Waals surface area (Å²) in [6.07, 6.45) is 0. The second-order valence-corrected chi connectivity index (χ2v) is 7.47. The molecule has 4 nitrogen and oxygen atoms in total. The number of nitrogens with one attached hydrogen (secondary N) is 1. The van der Waals surface area contributed by atoms with Gasteiger partial charge in [-0.05, 0) is 39.1 Å². The van der Waals surface area contributed by atoms with Crippen LogP contribution in [0.3, 0.4) is 0 Å². The van der Waals surface area contributed by atoms with E-state index in [1.54, 1.807) is 6.07 Å². The number of amides is 1. The van der Waals surface area contributed by atoms with Gasteiger partial charge in [0, 0.05) is 11.5 Å². The predicted molar refractivity (Wildman–Crippen MR) is 117 cm³/mol. The van der Waals surface area contributed by atoms with Gasteiger partial charge in [0.05, 0.1) is 0 Å². The average Bonchev–Trinajstić information content (AvgIpc) is 3.11. The first-order valence-corrected chi connectivity index (χ1v) is 9.85. The van der Waals surface area contributed by atoms with Crippen LogP contribution in [-0.4, -0.2) is 23.0 Å². The number of aliphatic carboxylic acids is 1. The first kappa shape index (κ1) is 18.1. The van der Waals surface area contributed by atoms with Crippen LogP contribution < -0.4 is 5.32 Å². The maximum absolute atomic E-state index is 13.2. The zero-order valence-corrected chi connectivity index (χ0v) is 16.1. The van der Waals surface area contributed by atoms with E-state index in [1.165, 1.54) is 0 Å². The Balaban J connectivity index is 1.57. The van der Waals surface area contributed by atoms with Gasteiger partial charge in [0.25, 0.3) is 5.91 Å². The number of carboxylic acid groups (broad SMARTS) is 1. The molecule has 0 aliphatic heterocycles. The molecule has 4 aromatic rings. The van der Waals surface area contributed by atoms with E-state index >= 15 is 0 Å². The summed E-state index contributed by atoms with van der Waals surface area (Å²) >= 11 is 0. The SMILES string of the molecule is O=C(N[C@H](C(=O)O)C1c2ccccc2-c2ccccc21)c1cccc2ccccc12. The van der Waals surface area contributed by atoms with Crippen molar-refractivity contribution in [1.82, 2.24) is 5.32 Å². The third-order valence-corrected chi connectivity index (χ3v) is 5.80. The zero-order valence-electron chi connectivity index (χ0n) is 16.1. The van der Waals surface area contributed by atoms with Crippen molar-refractivity contribution in [2.75, 3.05) is 0 Å². The zero-order chi connectivity index (χ0) is 20.7. The van der Waals surface area contributed by atoms with Crippen LogP contribution in [0.25, 0.3) is 21.9 Å². The monoisotopic (exact) mass is 393 g/mol. The van der Waals surface area contributed by atoms with Gasteiger partial charge in [-0.25, -0.2) is 4.79 Å². The summed E-state index contributed by atoms with van der Waals surface area (Å²) in [6.45, 7) is 0. The first-order chi connectivity index (χ1) is 14.6. The minimum absolute atomic E-state index is 0.388. The van der Waals surface area contributed by atoms with Crippen LogP contribution in [0, 0.1) is 0 Å². The molecule has 0 unspecified atom stereocenters. The Labute approximate surface area is 173 Å². The lowest BCUT2D eigenvalue weighted by molar-refractivity contribution is -0.139. The fourth-order valence-electron chi connectivity index (χ4n) is 4.48. The number of carboxylic acids is 1. The van der Waals surface area contributed by atoms with Crippen LogP contribution in [-0.2, 0) is 4.79 Å². The molecular formula is C26H19NO3. The van der Waals surface area contributed by atoms with Crippen LogP contribution >= 0.6 is 0 Å². The van der Waals surface area contributed by atoms with E-state index in [0.29, 0.717) is 5.56 Å². The van der Waals surface area contributed by atoms with E-state index in [9.17, 15) is 14.7 Å². The van der Waals surface area contributed by atoms with Gasteiger partial charge in [-0.1, -0.05) is 84.9 Å². The molecule has 0 fully saturated rings. The molecule has 1 amide bonds. The van der Waals surface area contributed by atoms with Crippen molar-refractivity contribution < 1.29 is 14.7 Å². The molecule has 0 spiro atoms. The lowest BCUT2D eigenvalue weighted by Gasteiger charge is -2.23. The molecule has 2 N–H and O–H groups in total. The van der Waals surface area contributed by atoms with E-state index in [2.05, 4.69) is 5.32 Å². The summed E-state index contributed by atoms with van der Waals surface area (Å²) in [4.78, 5) is 25.5. The Hall–Kier alpha value is -3.92. The molecule has 1 atom stereocenters. The van der Waals surface area contributed by atoms with Crippen molar-refractivity contribution in [3.05, 3.63) is 108 Å². The number of carbonyl (C=O) groups is 2. The fourth-order valence-corrected chi connectivity index (χ4v) is 4.48. The standard InChI is InChI=1S/C26H19NO3/c28-25(22-15-7-9-16-8-1-2-10-17(16)22)27-24(26(29)30)23-20-13-5-3-11-18(20)19-12-4-6-14-21(19)23/h1-15,23-24H,(H,27,28)(H,29,30)/t24-/m0/s1. The molecule has 0 saturated carbocycles. The molecule has 5 rings (SSSR count). The van der Waals surface area contributed by atoms with Crippen molar-refractivity contribution >= 4 is 22.6 Å². The minimum atomic E-state index is -1.08. The number of rotatable bonds is 4. The maximum Gasteiger partial charge on any atom is 0.327 e. The van der Waals surface area contributed by atoms with E-state index in [4.69, 9.17) is 0 Å². The Morgan fingerprint density at radius 1 is 0.733 bits per heavy atom. The molecular weight excluding hydrogens is 374 g/mol. The van der Waals surface area contributed by atoms with Crippen molar-refractivity contribution in [3.8, 4) is 11.1 Å². The van der Waals surface area contributed by atoms with Crippen molar-refractivity contribution in [1.29, 1.82) is 0 Å². The van der Waals surface area contributed by atoms with Crippen LogP contribution in [0.4, 0.5) is 0 Å². The lowest BCUT2D eigenvalue weighted by atomic mass is 9.89. The largest absolute Gasteiger partial charge is 0.480 e. The van der Waals surface area contributed by atoms with E-state index < -0.39 is 17.9 Å². The number of hydrogen-bond donors (Lipinski definition) is 2. The third-order valence-electron chi connectivity index (χ3n) is 5.80. The maximum atomic E-state index is 13.2. The van der Waals surface area contributed by atoms with Gasteiger partial charge in [0.2, 0.25) is 0 Å². The van der Waals surface area contributed by atoms with Gasteiger partial charge in [-0.2, -0.15) is 0 Å². The molecule has 30 heavy (non-hydrogen) atoms. The molecule has 1 aliphatic rings. The summed E-state index contributed by atoms with van der Waals surface area (Å²) in [6, 6.07) is 27.6. The quantitative estimate of drug-likeness (QED) is 0.522.